The van der Waals surface area contributed by atoms with Gasteiger partial charge in [0.2, 0.25) is 0 Å². The molecule has 1 atom stereocenters. The predicted octanol–water partition coefficient (Wildman–Crippen LogP) is 4.17. The minimum absolute atomic E-state index is 0.0599. The molecule has 0 bridgehead atoms. The van der Waals surface area contributed by atoms with Crippen LogP contribution >= 0.6 is 11.6 Å². The Hall–Kier alpha value is -2.27. The Morgan fingerprint density at radius 3 is 2.61 bits per heavy atom. The van der Waals surface area contributed by atoms with Crippen LogP contribution in [0.25, 0.3) is 0 Å². The third kappa shape index (κ3) is 2.72. The van der Waals surface area contributed by atoms with Crippen molar-refractivity contribution < 1.29 is 18.7 Å². The molecule has 1 aliphatic rings. The monoisotopic (exact) mass is 335 g/mol. The first-order valence-corrected chi connectivity index (χ1v) is 7.43. The molecule has 0 aromatic heterocycles. The van der Waals surface area contributed by atoms with Gasteiger partial charge in [0.05, 0.1) is 13.7 Å². The number of alkyl halides is 1. The Bertz CT molecular complexity index is 722. The van der Waals surface area contributed by atoms with Gasteiger partial charge < -0.3 is 9.47 Å². The molecule has 0 spiro atoms. The van der Waals surface area contributed by atoms with E-state index in [1.165, 1.54) is 12.0 Å². The number of benzene rings is 2. The number of methoxy groups -OCH3 is 1. The van der Waals surface area contributed by atoms with E-state index in [4.69, 9.17) is 21.1 Å². The average molecular weight is 336 g/mol. The van der Waals surface area contributed by atoms with Crippen LogP contribution in [0, 0.1) is 0 Å². The second-order valence-corrected chi connectivity index (χ2v) is 5.70. The molecule has 1 heterocycles. The zero-order valence-corrected chi connectivity index (χ0v) is 13.2. The number of hydrogen-bond acceptors (Lipinski definition) is 3. The van der Waals surface area contributed by atoms with Crippen molar-refractivity contribution in [2.75, 3.05) is 25.2 Å². The van der Waals surface area contributed by atoms with Gasteiger partial charge in [0.15, 0.2) is 5.60 Å². The van der Waals surface area contributed by atoms with Gasteiger partial charge in [0.1, 0.15) is 12.4 Å². The van der Waals surface area contributed by atoms with E-state index in [9.17, 15) is 9.18 Å². The quantitative estimate of drug-likeness (QED) is 0.841. The first-order valence-electron chi connectivity index (χ1n) is 7.05. The summed E-state index contributed by atoms with van der Waals surface area (Å²) < 4.78 is 24.6. The third-order valence-corrected chi connectivity index (χ3v) is 4.12. The minimum atomic E-state index is -1.39. The maximum Gasteiger partial charge on any atom is 0.415 e. The Labute approximate surface area is 138 Å². The van der Waals surface area contributed by atoms with Gasteiger partial charge in [-0.15, -0.1) is 0 Å². The van der Waals surface area contributed by atoms with Crippen LogP contribution < -0.4 is 9.64 Å². The average Bonchev–Trinajstić information content (AvgIpc) is 2.93. The van der Waals surface area contributed by atoms with E-state index in [0.717, 1.165) is 0 Å². The number of cyclic esters (lactones) is 1. The van der Waals surface area contributed by atoms with Crippen molar-refractivity contribution in [1.29, 1.82) is 0 Å². The third-order valence-electron chi connectivity index (χ3n) is 3.87. The molecule has 2 aromatic carbocycles. The maximum atomic E-state index is 13.9. The van der Waals surface area contributed by atoms with Gasteiger partial charge in [-0.05, 0) is 30.3 Å². The molecule has 1 aliphatic heterocycles. The normalized spacial score (nSPS) is 20.5. The number of carbonyl (C=O) groups is 1. The van der Waals surface area contributed by atoms with E-state index in [0.29, 0.717) is 22.0 Å². The number of halogens is 2. The molecular formula is C17H15ClFNO3. The lowest BCUT2D eigenvalue weighted by Crippen LogP contribution is -2.34. The summed E-state index contributed by atoms with van der Waals surface area (Å²) >= 11 is 5.86. The van der Waals surface area contributed by atoms with Gasteiger partial charge in [-0.25, -0.2) is 9.18 Å². The van der Waals surface area contributed by atoms with Crippen LogP contribution in [0.2, 0.25) is 5.02 Å². The number of rotatable bonds is 4. The fourth-order valence-corrected chi connectivity index (χ4v) is 2.82. The lowest BCUT2D eigenvalue weighted by atomic mass is 9.94. The molecule has 23 heavy (non-hydrogen) atoms. The lowest BCUT2D eigenvalue weighted by molar-refractivity contribution is 0.0305. The van der Waals surface area contributed by atoms with Crippen LogP contribution in [0.4, 0.5) is 14.9 Å². The zero-order chi connectivity index (χ0) is 16.4. The summed E-state index contributed by atoms with van der Waals surface area (Å²) in [6, 6.07) is 13.7. The maximum absolute atomic E-state index is 13.9. The fourth-order valence-electron chi connectivity index (χ4n) is 2.69. The zero-order valence-electron chi connectivity index (χ0n) is 12.5. The molecule has 0 aliphatic carbocycles. The summed E-state index contributed by atoms with van der Waals surface area (Å²) in [5.74, 6) is 0.482. The molecular weight excluding hydrogens is 321 g/mol. The lowest BCUT2D eigenvalue weighted by Gasteiger charge is -2.25. The van der Waals surface area contributed by atoms with E-state index in [1.54, 1.807) is 48.5 Å². The van der Waals surface area contributed by atoms with Gasteiger partial charge in [-0.1, -0.05) is 29.8 Å². The number of anilines is 1. The van der Waals surface area contributed by atoms with Crippen molar-refractivity contribution >= 4 is 23.4 Å². The Balaban J connectivity index is 1.99. The van der Waals surface area contributed by atoms with Crippen LogP contribution in [0.3, 0.4) is 0 Å². The minimum Gasteiger partial charge on any atom is -0.496 e. The summed E-state index contributed by atoms with van der Waals surface area (Å²) in [6.07, 6.45) is -0.601. The molecule has 0 saturated carbocycles. The van der Waals surface area contributed by atoms with Gasteiger partial charge in [0.25, 0.3) is 0 Å². The molecule has 6 heteroatoms. The van der Waals surface area contributed by atoms with E-state index in [-0.39, 0.29) is 6.54 Å². The van der Waals surface area contributed by atoms with Crippen molar-refractivity contribution in [3.8, 4) is 5.75 Å². The number of carbonyl (C=O) groups excluding carboxylic acids is 1. The van der Waals surface area contributed by atoms with Crippen LogP contribution in [0.5, 0.6) is 5.75 Å². The molecule has 4 nitrogen and oxygen atoms in total. The van der Waals surface area contributed by atoms with Crippen LogP contribution in [0.15, 0.2) is 48.5 Å². The van der Waals surface area contributed by atoms with Gasteiger partial charge in [-0.3, -0.25) is 4.90 Å². The summed E-state index contributed by atoms with van der Waals surface area (Å²) in [7, 11) is 1.50. The fraction of sp³-hybridized carbons (Fsp3) is 0.235. The largest absolute Gasteiger partial charge is 0.496 e. The summed E-state index contributed by atoms with van der Waals surface area (Å²) in [5.41, 5.74) is -0.275. The summed E-state index contributed by atoms with van der Waals surface area (Å²) in [5, 5.41) is 0.558. The number of ether oxygens (including phenoxy) is 2. The van der Waals surface area contributed by atoms with E-state index in [1.807, 2.05) is 0 Å². The molecule has 3 rings (SSSR count). The first kappa shape index (κ1) is 15.6. The number of para-hydroxylation sites is 1. The molecule has 0 N–H and O–H groups in total. The van der Waals surface area contributed by atoms with Crippen molar-refractivity contribution in [2.24, 2.45) is 0 Å². The SMILES string of the molecule is COc1ccccc1[C@@]1(CF)CN(c2ccc(Cl)cc2)C(=O)O1. The molecule has 0 unspecified atom stereocenters. The van der Waals surface area contributed by atoms with Crippen LogP contribution in [0.1, 0.15) is 5.56 Å². The van der Waals surface area contributed by atoms with Crippen molar-refractivity contribution in [3.05, 3.63) is 59.1 Å². The summed E-state index contributed by atoms with van der Waals surface area (Å²) in [6.45, 7) is -0.784. The first-order chi connectivity index (χ1) is 11.1. The second-order valence-electron chi connectivity index (χ2n) is 5.26. The highest BCUT2D eigenvalue weighted by Crippen LogP contribution is 2.40. The predicted molar refractivity (Wildman–Crippen MR) is 85.9 cm³/mol. The highest BCUT2D eigenvalue weighted by Gasteiger charge is 2.49. The van der Waals surface area contributed by atoms with E-state index < -0.39 is 18.4 Å². The van der Waals surface area contributed by atoms with Crippen molar-refractivity contribution in [2.45, 2.75) is 5.60 Å². The number of hydrogen-bond donors (Lipinski definition) is 0. The second kappa shape index (κ2) is 6.08. The van der Waals surface area contributed by atoms with Gasteiger partial charge in [0, 0.05) is 16.3 Å². The van der Waals surface area contributed by atoms with E-state index >= 15 is 0 Å². The highest BCUT2D eigenvalue weighted by atomic mass is 35.5. The molecule has 2 aromatic rings. The summed E-state index contributed by atoms with van der Waals surface area (Å²) in [4.78, 5) is 13.7. The van der Waals surface area contributed by atoms with Crippen molar-refractivity contribution in [3.63, 3.8) is 0 Å². The Morgan fingerprint density at radius 2 is 1.96 bits per heavy atom. The van der Waals surface area contributed by atoms with Crippen LogP contribution in [-0.2, 0) is 10.3 Å². The highest BCUT2D eigenvalue weighted by molar-refractivity contribution is 6.30. The standard InChI is InChI=1S/C17H15ClFNO3/c1-22-15-5-3-2-4-14(15)17(10-19)11-20(16(21)23-17)13-8-6-12(18)7-9-13/h2-9H,10-11H2,1H3/t17-/m1/s1. The number of amides is 1. The smallest absolute Gasteiger partial charge is 0.415 e. The van der Waals surface area contributed by atoms with Crippen molar-refractivity contribution in [1.82, 2.24) is 0 Å². The Morgan fingerprint density at radius 1 is 1.26 bits per heavy atom. The Kier molecular flexibility index (Phi) is 4.13. The van der Waals surface area contributed by atoms with E-state index in [2.05, 4.69) is 0 Å². The van der Waals surface area contributed by atoms with Crippen LogP contribution in [-0.4, -0.2) is 26.4 Å². The van der Waals surface area contributed by atoms with Gasteiger partial charge >= 0.3 is 6.09 Å². The van der Waals surface area contributed by atoms with Gasteiger partial charge in [-0.2, -0.15) is 0 Å². The number of nitrogens with zero attached hydrogens (tertiary/aromatic N) is 1. The molecule has 1 saturated heterocycles. The molecule has 0 radical (unpaired) electrons. The topological polar surface area (TPSA) is 38.8 Å². The molecule has 120 valence electrons. The molecule has 1 amide bonds. The molecule has 1 fully saturated rings.